The van der Waals surface area contributed by atoms with Crippen LogP contribution in [0.15, 0.2) is 11.6 Å². The molecule has 1 fully saturated rings. The smallest absolute Gasteiger partial charge is 0.0839 e. The number of hydrogen-bond acceptors (Lipinski definition) is 1. The van der Waals surface area contributed by atoms with Crippen LogP contribution in [0.25, 0.3) is 0 Å². The van der Waals surface area contributed by atoms with Crippen LogP contribution >= 0.6 is 11.6 Å². The Morgan fingerprint density at radius 1 is 1.20 bits per heavy atom. The molecule has 1 nitrogen and oxygen atoms in total. The fourth-order valence-electron chi connectivity index (χ4n) is 1.45. The molecule has 1 aliphatic rings. The van der Waals surface area contributed by atoms with Gasteiger partial charge in [0.2, 0.25) is 0 Å². The van der Waals surface area contributed by atoms with Gasteiger partial charge in [-0.3, -0.25) is 0 Å². The van der Waals surface area contributed by atoms with Crippen LogP contribution in [0, 0.1) is 0 Å². The maximum Gasteiger partial charge on any atom is 0.0839 e. The minimum Gasteiger partial charge on any atom is -0.386 e. The summed E-state index contributed by atoms with van der Waals surface area (Å²) in [6, 6.07) is 0. The molecule has 0 atom stereocenters. The van der Waals surface area contributed by atoms with Crippen LogP contribution in [-0.2, 0) is 0 Å². The molecule has 0 amide bonds. The second kappa shape index (κ2) is 3.40. The number of aliphatic hydroxyl groups is 1. The van der Waals surface area contributed by atoms with E-state index in [0.717, 1.165) is 25.7 Å². The third-order valence-corrected chi connectivity index (χ3v) is 2.22. The maximum atomic E-state index is 9.70. The van der Waals surface area contributed by atoms with Crippen LogP contribution in [-0.4, -0.2) is 10.7 Å². The molecule has 10 heavy (non-hydrogen) atoms. The highest BCUT2D eigenvalue weighted by Crippen LogP contribution is 2.28. The highest BCUT2D eigenvalue weighted by molar-refractivity contribution is 6.25. The summed E-state index contributed by atoms with van der Waals surface area (Å²) in [5.41, 5.74) is 0.839. The highest BCUT2D eigenvalue weighted by atomic mass is 35.5. The Hall–Kier alpha value is -0.0100. The lowest BCUT2D eigenvalue weighted by atomic mass is 9.85. The van der Waals surface area contributed by atoms with Crippen LogP contribution in [0.3, 0.4) is 0 Å². The van der Waals surface area contributed by atoms with Crippen molar-refractivity contribution in [2.24, 2.45) is 0 Å². The molecular formula is C8H13ClO. The number of rotatable bonds is 1. The Morgan fingerprint density at radius 2 is 1.80 bits per heavy atom. The third kappa shape index (κ3) is 1.99. The van der Waals surface area contributed by atoms with Gasteiger partial charge in [-0.05, 0) is 18.9 Å². The summed E-state index contributed by atoms with van der Waals surface area (Å²) in [7, 11) is 0. The first-order chi connectivity index (χ1) is 4.77. The molecule has 1 N–H and O–H groups in total. The predicted molar refractivity (Wildman–Crippen MR) is 43.0 cm³/mol. The summed E-state index contributed by atoms with van der Waals surface area (Å²) in [5, 5.41) is 9.70. The van der Waals surface area contributed by atoms with Gasteiger partial charge in [0, 0.05) is 5.54 Å². The molecule has 0 aromatic rings. The van der Waals surface area contributed by atoms with Crippen molar-refractivity contribution in [1.29, 1.82) is 0 Å². The zero-order valence-corrected chi connectivity index (χ0v) is 6.77. The highest BCUT2D eigenvalue weighted by Gasteiger charge is 2.25. The molecule has 0 radical (unpaired) electrons. The van der Waals surface area contributed by atoms with E-state index < -0.39 is 5.60 Å². The minimum atomic E-state index is -0.583. The van der Waals surface area contributed by atoms with Gasteiger partial charge in [-0.2, -0.15) is 0 Å². The molecule has 0 aliphatic heterocycles. The molecule has 0 aromatic heterocycles. The standard InChI is InChI=1S/C8H13ClO/c9-7-6-8(10)4-2-1-3-5-8/h6-7,10H,1-5H2/b7-6+. The molecule has 0 heterocycles. The van der Waals surface area contributed by atoms with Gasteiger partial charge in [0.25, 0.3) is 0 Å². The van der Waals surface area contributed by atoms with E-state index in [1.165, 1.54) is 12.0 Å². The SMILES string of the molecule is OC1(/C=C/Cl)CCCCC1. The minimum absolute atomic E-state index is 0.583. The Kier molecular flexibility index (Phi) is 2.75. The summed E-state index contributed by atoms with van der Waals surface area (Å²) < 4.78 is 0. The first-order valence-corrected chi connectivity index (χ1v) is 4.21. The van der Waals surface area contributed by atoms with Gasteiger partial charge in [-0.25, -0.2) is 0 Å². The van der Waals surface area contributed by atoms with E-state index in [1.807, 2.05) is 0 Å². The van der Waals surface area contributed by atoms with Crippen molar-refractivity contribution < 1.29 is 5.11 Å². The van der Waals surface area contributed by atoms with E-state index in [0.29, 0.717) is 0 Å². The lowest BCUT2D eigenvalue weighted by Gasteiger charge is -2.28. The lowest BCUT2D eigenvalue weighted by molar-refractivity contribution is 0.0515. The summed E-state index contributed by atoms with van der Waals surface area (Å²) in [4.78, 5) is 0. The summed E-state index contributed by atoms with van der Waals surface area (Å²) in [5.74, 6) is 0. The van der Waals surface area contributed by atoms with E-state index in [2.05, 4.69) is 0 Å². The molecule has 1 aliphatic carbocycles. The number of hydrogen-bond donors (Lipinski definition) is 1. The molecule has 58 valence electrons. The molecule has 0 bridgehead atoms. The third-order valence-electron chi connectivity index (χ3n) is 2.09. The molecule has 1 saturated carbocycles. The summed E-state index contributed by atoms with van der Waals surface area (Å²) >= 11 is 5.38. The van der Waals surface area contributed by atoms with Gasteiger partial charge in [0.1, 0.15) is 0 Å². The first kappa shape index (κ1) is 8.09. The van der Waals surface area contributed by atoms with Crippen molar-refractivity contribution in [3.63, 3.8) is 0 Å². The molecule has 1 rings (SSSR count). The fraction of sp³-hybridized carbons (Fsp3) is 0.750. The summed E-state index contributed by atoms with van der Waals surface area (Å²) in [6.07, 6.45) is 6.94. The van der Waals surface area contributed by atoms with Crippen molar-refractivity contribution in [3.8, 4) is 0 Å². The Labute approximate surface area is 66.7 Å². The van der Waals surface area contributed by atoms with Gasteiger partial charge < -0.3 is 5.11 Å². The maximum absolute atomic E-state index is 9.70. The largest absolute Gasteiger partial charge is 0.386 e. The average Bonchev–Trinajstić information content (AvgIpc) is 1.89. The van der Waals surface area contributed by atoms with Crippen LogP contribution in [0.5, 0.6) is 0 Å². The van der Waals surface area contributed by atoms with Gasteiger partial charge in [-0.1, -0.05) is 30.9 Å². The second-order valence-electron chi connectivity index (χ2n) is 2.96. The van der Waals surface area contributed by atoms with Crippen molar-refractivity contribution >= 4 is 11.6 Å². The molecule has 2 heteroatoms. The Balaban J connectivity index is 2.48. The lowest BCUT2D eigenvalue weighted by Crippen LogP contribution is -2.28. The Bertz CT molecular complexity index is 125. The van der Waals surface area contributed by atoms with E-state index in [-0.39, 0.29) is 0 Å². The van der Waals surface area contributed by atoms with Crippen LogP contribution in [0.4, 0.5) is 0 Å². The average molecular weight is 161 g/mol. The van der Waals surface area contributed by atoms with Crippen molar-refractivity contribution in [2.45, 2.75) is 37.7 Å². The quantitative estimate of drug-likeness (QED) is 0.625. The van der Waals surface area contributed by atoms with Gasteiger partial charge in [0.15, 0.2) is 0 Å². The van der Waals surface area contributed by atoms with Gasteiger partial charge in [0.05, 0.1) is 5.60 Å². The predicted octanol–water partition coefficient (Wildman–Crippen LogP) is 2.43. The molecule has 0 aromatic carbocycles. The van der Waals surface area contributed by atoms with E-state index in [1.54, 1.807) is 6.08 Å². The normalized spacial score (nSPS) is 25.4. The van der Waals surface area contributed by atoms with Crippen molar-refractivity contribution in [2.75, 3.05) is 0 Å². The van der Waals surface area contributed by atoms with Crippen LogP contribution < -0.4 is 0 Å². The first-order valence-electron chi connectivity index (χ1n) is 3.77. The zero-order valence-electron chi connectivity index (χ0n) is 6.02. The van der Waals surface area contributed by atoms with E-state index >= 15 is 0 Å². The van der Waals surface area contributed by atoms with Crippen molar-refractivity contribution in [1.82, 2.24) is 0 Å². The molecular weight excluding hydrogens is 148 g/mol. The molecule has 0 saturated heterocycles. The van der Waals surface area contributed by atoms with Crippen molar-refractivity contribution in [3.05, 3.63) is 11.6 Å². The monoisotopic (exact) mass is 160 g/mol. The second-order valence-corrected chi connectivity index (χ2v) is 3.21. The van der Waals surface area contributed by atoms with E-state index in [4.69, 9.17) is 11.6 Å². The molecule has 0 spiro atoms. The fourth-order valence-corrected chi connectivity index (χ4v) is 1.68. The number of halogens is 1. The Morgan fingerprint density at radius 3 is 2.30 bits per heavy atom. The zero-order chi connectivity index (χ0) is 7.45. The van der Waals surface area contributed by atoms with E-state index in [9.17, 15) is 5.11 Å². The van der Waals surface area contributed by atoms with Gasteiger partial charge in [-0.15, -0.1) is 0 Å². The van der Waals surface area contributed by atoms with Crippen LogP contribution in [0.1, 0.15) is 32.1 Å². The topological polar surface area (TPSA) is 20.2 Å². The summed E-state index contributed by atoms with van der Waals surface area (Å²) in [6.45, 7) is 0. The van der Waals surface area contributed by atoms with Crippen LogP contribution in [0.2, 0.25) is 0 Å². The van der Waals surface area contributed by atoms with Gasteiger partial charge >= 0.3 is 0 Å². The molecule has 0 unspecified atom stereocenters.